The summed E-state index contributed by atoms with van der Waals surface area (Å²) in [5, 5.41) is 15.7. The number of rotatable bonds is 8. The van der Waals surface area contributed by atoms with E-state index in [9.17, 15) is 19.7 Å². The van der Waals surface area contributed by atoms with E-state index in [1.807, 2.05) is 0 Å². The van der Waals surface area contributed by atoms with Crippen LogP contribution in [0, 0.1) is 10.1 Å². The van der Waals surface area contributed by atoms with Crippen LogP contribution < -0.4 is 14.9 Å². The second-order valence-corrected chi connectivity index (χ2v) is 7.12. The van der Waals surface area contributed by atoms with E-state index in [1.54, 1.807) is 43.5 Å². The molecule has 3 aromatic carbocycles. The molecule has 0 atom stereocenters. The van der Waals surface area contributed by atoms with Crippen molar-refractivity contribution >= 4 is 41.5 Å². The minimum atomic E-state index is -0.829. The van der Waals surface area contributed by atoms with Crippen molar-refractivity contribution in [1.29, 1.82) is 0 Å². The molecule has 0 bridgehead atoms. The smallest absolute Gasteiger partial charge is 0.336 e. The molecule has 0 saturated heterocycles. The number of nitro benzene ring substituents is 1. The zero-order chi connectivity index (χ0) is 24.5. The van der Waals surface area contributed by atoms with Crippen LogP contribution in [-0.2, 0) is 4.79 Å². The molecular weight excluding hydrogens is 462 g/mol. The van der Waals surface area contributed by atoms with Gasteiger partial charge in [0.2, 0.25) is 5.75 Å². The monoisotopic (exact) mass is 479 g/mol. The second kappa shape index (κ2) is 11.4. The van der Waals surface area contributed by atoms with Gasteiger partial charge in [0.05, 0.1) is 18.2 Å². The molecule has 34 heavy (non-hydrogen) atoms. The molecule has 1 amide bonds. The summed E-state index contributed by atoms with van der Waals surface area (Å²) in [5.41, 5.74) is 3.01. The fraction of sp³-hybridized carbons (Fsp3) is 0.0417. The quantitative estimate of drug-likeness (QED) is 0.125. The number of hydrogen-bond donors (Lipinski definition) is 1. The van der Waals surface area contributed by atoms with E-state index >= 15 is 0 Å². The third kappa shape index (κ3) is 6.50. The maximum atomic E-state index is 12.3. The molecule has 0 radical (unpaired) electrons. The zero-order valence-electron chi connectivity index (χ0n) is 17.8. The molecule has 0 spiro atoms. The van der Waals surface area contributed by atoms with Crippen molar-refractivity contribution in [2.75, 3.05) is 7.11 Å². The molecule has 1 N–H and O–H groups in total. The first-order valence-corrected chi connectivity index (χ1v) is 10.2. The number of methoxy groups -OCH3 is 1. The Hall–Kier alpha value is -4.50. The molecule has 0 fully saturated rings. The lowest BCUT2D eigenvalue weighted by Gasteiger charge is -2.06. The van der Waals surface area contributed by atoms with Gasteiger partial charge < -0.3 is 9.47 Å². The number of halogens is 1. The van der Waals surface area contributed by atoms with Crippen LogP contribution in [-0.4, -0.2) is 30.1 Å². The maximum Gasteiger partial charge on any atom is 0.336 e. The number of ether oxygens (including phenoxy) is 2. The Balaban J connectivity index is 1.76. The molecule has 0 unspecified atom stereocenters. The van der Waals surface area contributed by atoms with Crippen molar-refractivity contribution in [1.82, 2.24) is 5.43 Å². The Morgan fingerprint density at radius 1 is 1.06 bits per heavy atom. The van der Waals surface area contributed by atoms with Crippen LogP contribution in [0.5, 0.6) is 11.5 Å². The van der Waals surface area contributed by atoms with Crippen LogP contribution in [0.1, 0.15) is 21.5 Å². The number of nitrogens with zero attached hydrogens (tertiary/aromatic N) is 2. The number of nitro groups is 1. The molecule has 0 saturated carbocycles. The highest BCUT2D eigenvalue weighted by molar-refractivity contribution is 6.30. The first-order valence-electron chi connectivity index (χ1n) is 9.77. The summed E-state index contributed by atoms with van der Waals surface area (Å²) in [5.74, 6) is -0.989. The Morgan fingerprint density at radius 3 is 2.41 bits per heavy atom. The number of hydrazone groups is 1. The summed E-state index contributed by atoms with van der Waals surface area (Å²) in [4.78, 5) is 35.3. The number of benzene rings is 3. The third-order valence-electron chi connectivity index (χ3n) is 4.43. The minimum Gasteiger partial charge on any atom is -0.497 e. The predicted molar refractivity (Wildman–Crippen MR) is 127 cm³/mol. The number of esters is 1. The van der Waals surface area contributed by atoms with Gasteiger partial charge in [0, 0.05) is 28.3 Å². The molecule has 0 aromatic heterocycles. The molecular formula is C24H18ClN3O6. The molecule has 0 aliphatic carbocycles. The van der Waals surface area contributed by atoms with Gasteiger partial charge in [-0.05, 0) is 54.1 Å². The first-order chi connectivity index (χ1) is 16.4. The Kier molecular flexibility index (Phi) is 8.09. The van der Waals surface area contributed by atoms with Gasteiger partial charge >= 0.3 is 11.7 Å². The fourth-order valence-electron chi connectivity index (χ4n) is 2.74. The third-order valence-corrected chi connectivity index (χ3v) is 4.68. The van der Waals surface area contributed by atoms with E-state index < -0.39 is 22.5 Å². The number of hydrogen-bond acceptors (Lipinski definition) is 7. The van der Waals surface area contributed by atoms with E-state index in [1.165, 1.54) is 36.4 Å². The average Bonchev–Trinajstić information content (AvgIpc) is 2.84. The summed E-state index contributed by atoms with van der Waals surface area (Å²) >= 11 is 5.80. The second-order valence-electron chi connectivity index (χ2n) is 6.69. The maximum absolute atomic E-state index is 12.3. The highest BCUT2D eigenvalue weighted by atomic mass is 35.5. The van der Waals surface area contributed by atoms with Crippen molar-refractivity contribution in [3.05, 3.63) is 105 Å². The van der Waals surface area contributed by atoms with Crippen molar-refractivity contribution in [2.24, 2.45) is 5.10 Å². The van der Waals surface area contributed by atoms with Crippen molar-refractivity contribution in [3.63, 3.8) is 0 Å². The summed E-state index contributed by atoms with van der Waals surface area (Å²) in [6, 6.07) is 17.1. The number of carbonyl (C=O) groups is 2. The Labute approximate surface area is 199 Å². The van der Waals surface area contributed by atoms with Crippen LogP contribution in [0.3, 0.4) is 0 Å². The lowest BCUT2D eigenvalue weighted by atomic mass is 10.2. The number of para-hydroxylation sites is 1. The van der Waals surface area contributed by atoms with Gasteiger partial charge in [0.1, 0.15) is 5.75 Å². The van der Waals surface area contributed by atoms with Crippen LogP contribution in [0.4, 0.5) is 5.69 Å². The normalized spacial score (nSPS) is 10.9. The minimum absolute atomic E-state index is 0.122. The number of nitrogens with one attached hydrogen (secondary N) is 1. The van der Waals surface area contributed by atoms with Crippen molar-refractivity contribution in [3.8, 4) is 11.5 Å². The largest absolute Gasteiger partial charge is 0.497 e. The topological polar surface area (TPSA) is 120 Å². The molecule has 9 nitrogen and oxygen atoms in total. The molecule has 172 valence electrons. The summed E-state index contributed by atoms with van der Waals surface area (Å²) in [7, 11) is 1.54. The van der Waals surface area contributed by atoms with Crippen LogP contribution in [0.15, 0.2) is 77.9 Å². The molecule has 3 aromatic rings. The van der Waals surface area contributed by atoms with Gasteiger partial charge in [-0.2, -0.15) is 5.10 Å². The van der Waals surface area contributed by atoms with E-state index in [0.717, 1.165) is 12.3 Å². The molecule has 3 rings (SSSR count). The highest BCUT2D eigenvalue weighted by Gasteiger charge is 2.20. The summed E-state index contributed by atoms with van der Waals surface area (Å²) in [6.07, 6.45) is 3.79. The lowest BCUT2D eigenvalue weighted by molar-refractivity contribution is -0.385. The SMILES string of the molecule is COc1ccc(/C=C/C(=O)Oc2c(/C=N/NC(=O)c3ccc(Cl)cc3)cccc2[N+](=O)[O-])cc1. The fourth-order valence-corrected chi connectivity index (χ4v) is 2.86. The Morgan fingerprint density at radius 2 is 1.76 bits per heavy atom. The van der Waals surface area contributed by atoms with Gasteiger partial charge in [0.25, 0.3) is 5.91 Å². The highest BCUT2D eigenvalue weighted by Crippen LogP contribution is 2.30. The van der Waals surface area contributed by atoms with Crippen molar-refractivity contribution < 1.29 is 24.0 Å². The Bertz CT molecular complexity index is 1250. The van der Waals surface area contributed by atoms with Gasteiger partial charge in [-0.1, -0.05) is 29.8 Å². The van der Waals surface area contributed by atoms with Gasteiger partial charge in [-0.25, -0.2) is 10.2 Å². The molecule has 0 aliphatic heterocycles. The molecule has 0 heterocycles. The lowest BCUT2D eigenvalue weighted by Crippen LogP contribution is -2.17. The van der Waals surface area contributed by atoms with Crippen LogP contribution in [0.25, 0.3) is 6.08 Å². The zero-order valence-corrected chi connectivity index (χ0v) is 18.6. The molecule has 0 aliphatic rings. The van der Waals surface area contributed by atoms with E-state index in [0.29, 0.717) is 21.9 Å². The predicted octanol–water partition coefficient (Wildman–Crippen LogP) is 4.64. The summed E-state index contributed by atoms with van der Waals surface area (Å²) < 4.78 is 10.3. The average molecular weight is 480 g/mol. The molecule has 10 heteroatoms. The summed E-state index contributed by atoms with van der Waals surface area (Å²) in [6.45, 7) is 0. The van der Waals surface area contributed by atoms with E-state index in [4.69, 9.17) is 21.1 Å². The van der Waals surface area contributed by atoms with Gasteiger partial charge in [0.15, 0.2) is 0 Å². The van der Waals surface area contributed by atoms with Gasteiger partial charge in [-0.15, -0.1) is 0 Å². The van der Waals surface area contributed by atoms with Gasteiger partial charge in [-0.3, -0.25) is 14.9 Å². The van der Waals surface area contributed by atoms with Crippen LogP contribution in [0.2, 0.25) is 5.02 Å². The number of carbonyl (C=O) groups excluding carboxylic acids is 2. The van der Waals surface area contributed by atoms with E-state index in [-0.39, 0.29) is 11.3 Å². The number of amides is 1. The first kappa shape index (κ1) is 24.1. The van der Waals surface area contributed by atoms with Crippen LogP contribution >= 0.6 is 11.6 Å². The standard InChI is InChI=1S/C24H18ClN3O6/c1-33-20-12-5-16(6-13-20)7-14-22(29)34-23-18(3-2-4-21(23)28(31)32)15-26-27-24(30)17-8-10-19(25)11-9-17/h2-15H,1H3,(H,27,30)/b14-7+,26-15+. The van der Waals surface area contributed by atoms with Crippen molar-refractivity contribution in [2.45, 2.75) is 0 Å². The van der Waals surface area contributed by atoms with E-state index in [2.05, 4.69) is 10.5 Å².